The van der Waals surface area contributed by atoms with Crippen LogP contribution in [0.4, 0.5) is 5.69 Å². The number of hydrogen-bond donors (Lipinski definition) is 1. The molecule has 5 rings (SSSR count). The summed E-state index contributed by atoms with van der Waals surface area (Å²) in [5.41, 5.74) is 4.58. The van der Waals surface area contributed by atoms with E-state index in [4.69, 9.17) is 4.74 Å². The smallest absolute Gasteiger partial charge is 0.266 e. The van der Waals surface area contributed by atoms with E-state index in [0.717, 1.165) is 22.4 Å². The van der Waals surface area contributed by atoms with Crippen molar-refractivity contribution >= 4 is 28.3 Å². The first-order valence-electron chi connectivity index (χ1n) is 9.85. The third-order valence-corrected chi connectivity index (χ3v) is 4.97. The Morgan fingerprint density at radius 1 is 0.935 bits per heavy atom. The van der Waals surface area contributed by atoms with Crippen LogP contribution < -0.4 is 10.1 Å². The molecule has 0 spiro atoms. The van der Waals surface area contributed by atoms with Crippen molar-refractivity contribution < 1.29 is 9.53 Å². The van der Waals surface area contributed by atoms with Crippen molar-refractivity contribution in [3.05, 3.63) is 89.7 Å². The highest BCUT2D eigenvalue weighted by molar-refractivity contribution is 6.04. The Labute approximate surface area is 178 Å². The van der Waals surface area contributed by atoms with Gasteiger partial charge >= 0.3 is 0 Å². The van der Waals surface area contributed by atoms with Crippen LogP contribution in [0.15, 0.2) is 72.8 Å². The lowest BCUT2D eigenvalue weighted by atomic mass is 10.1. The average Bonchev–Trinajstić information content (AvgIpc) is 3.17. The molecule has 0 atom stereocenters. The largest absolute Gasteiger partial charge is 0.436 e. The molecule has 152 valence electrons. The van der Waals surface area contributed by atoms with Gasteiger partial charge in [-0.1, -0.05) is 29.8 Å². The van der Waals surface area contributed by atoms with Crippen LogP contribution in [0, 0.1) is 13.8 Å². The van der Waals surface area contributed by atoms with Crippen LogP contribution in [0.25, 0.3) is 16.7 Å². The predicted octanol–water partition coefficient (Wildman–Crippen LogP) is 4.94. The predicted molar refractivity (Wildman–Crippen MR) is 119 cm³/mol. The van der Waals surface area contributed by atoms with Crippen LogP contribution in [0.3, 0.4) is 0 Å². The Morgan fingerprint density at radius 3 is 2.55 bits per heavy atom. The summed E-state index contributed by atoms with van der Waals surface area (Å²) in [7, 11) is 0. The minimum Gasteiger partial charge on any atom is -0.436 e. The van der Waals surface area contributed by atoms with E-state index in [-0.39, 0.29) is 5.91 Å². The van der Waals surface area contributed by atoms with Gasteiger partial charge in [0.15, 0.2) is 0 Å². The number of anilines is 1. The van der Waals surface area contributed by atoms with E-state index in [1.54, 1.807) is 30.3 Å². The maximum Gasteiger partial charge on any atom is 0.266 e. The molecule has 0 radical (unpaired) electrons. The van der Waals surface area contributed by atoms with Crippen molar-refractivity contribution in [2.75, 3.05) is 5.32 Å². The number of carbonyl (C=O) groups is 1. The SMILES string of the molecule is Cc1cccc(C(=O)Nc2ccc(Oc3nc4ccccc4n4c(C)nnc34)cc2)c1. The van der Waals surface area contributed by atoms with E-state index in [1.807, 2.05) is 60.7 Å². The first-order chi connectivity index (χ1) is 15.1. The molecular weight excluding hydrogens is 390 g/mol. The van der Waals surface area contributed by atoms with E-state index < -0.39 is 0 Å². The van der Waals surface area contributed by atoms with Crippen molar-refractivity contribution in [3.8, 4) is 11.6 Å². The van der Waals surface area contributed by atoms with Crippen LogP contribution in [0.1, 0.15) is 21.7 Å². The van der Waals surface area contributed by atoms with Crippen LogP contribution in [0.5, 0.6) is 11.6 Å². The second kappa shape index (κ2) is 7.53. The molecule has 0 aliphatic rings. The second-order valence-electron chi connectivity index (χ2n) is 7.26. The van der Waals surface area contributed by atoms with Gasteiger partial charge in [-0.25, -0.2) is 4.98 Å². The van der Waals surface area contributed by atoms with Gasteiger partial charge in [0.25, 0.3) is 11.8 Å². The van der Waals surface area contributed by atoms with Gasteiger partial charge in [-0.2, -0.15) is 0 Å². The molecule has 0 bridgehead atoms. The lowest BCUT2D eigenvalue weighted by Gasteiger charge is -2.10. The molecule has 1 N–H and O–H groups in total. The zero-order valence-electron chi connectivity index (χ0n) is 17.0. The molecule has 0 unspecified atom stereocenters. The summed E-state index contributed by atoms with van der Waals surface area (Å²) in [4.78, 5) is 17.1. The maximum atomic E-state index is 12.4. The molecule has 3 aromatic carbocycles. The van der Waals surface area contributed by atoms with E-state index in [9.17, 15) is 4.79 Å². The number of amides is 1. The third-order valence-electron chi connectivity index (χ3n) is 4.97. The van der Waals surface area contributed by atoms with Crippen LogP contribution in [-0.2, 0) is 0 Å². The second-order valence-corrected chi connectivity index (χ2v) is 7.26. The zero-order chi connectivity index (χ0) is 21.4. The van der Waals surface area contributed by atoms with Gasteiger partial charge < -0.3 is 10.1 Å². The normalized spacial score (nSPS) is 11.0. The number of nitrogens with zero attached hydrogens (tertiary/aromatic N) is 4. The number of benzene rings is 3. The number of aryl methyl sites for hydroxylation is 2. The summed E-state index contributed by atoms with van der Waals surface area (Å²) >= 11 is 0. The number of ether oxygens (including phenoxy) is 1. The summed E-state index contributed by atoms with van der Waals surface area (Å²) in [5.74, 6) is 1.55. The van der Waals surface area contributed by atoms with E-state index in [0.29, 0.717) is 28.5 Å². The highest BCUT2D eigenvalue weighted by Crippen LogP contribution is 2.28. The molecule has 0 saturated heterocycles. The highest BCUT2D eigenvalue weighted by Gasteiger charge is 2.15. The summed E-state index contributed by atoms with van der Waals surface area (Å²) in [5, 5.41) is 11.3. The standard InChI is InChI=1S/C24H19N5O2/c1-15-6-5-7-17(14-15)23(30)25-18-10-12-19(13-11-18)31-24-22-28-27-16(2)29(22)21-9-4-3-8-20(21)26-24/h3-14H,1-2H3,(H,25,30). The van der Waals surface area contributed by atoms with Crippen molar-refractivity contribution in [2.24, 2.45) is 0 Å². The summed E-state index contributed by atoms with van der Waals surface area (Å²) in [6.07, 6.45) is 0. The maximum absolute atomic E-state index is 12.4. The zero-order valence-corrected chi connectivity index (χ0v) is 17.0. The molecule has 31 heavy (non-hydrogen) atoms. The van der Waals surface area contributed by atoms with Gasteiger partial charge in [0.1, 0.15) is 11.6 Å². The molecule has 0 saturated carbocycles. The lowest BCUT2D eigenvalue weighted by Crippen LogP contribution is -2.11. The summed E-state index contributed by atoms with van der Waals surface area (Å²) in [6, 6.07) is 22.4. The van der Waals surface area contributed by atoms with Crippen LogP contribution in [-0.4, -0.2) is 25.5 Å². The Kier molecular flexibility index (Phi) is 4.55. The van der Waals surface area contributed by atoms with Gasteiger partial charge in [0.2, 0.25) is 5.65 Å². The number of aromatic nitrogens is 4. The molecule has 7 nitrogen and oxygen atoms in total. The number of hydrogen-bond acceptors (Lipinski definition) is 5. The van der Waals surface area contributed by atoms with Gasteiger partial charge in [-0.05, 0) is 62.4 Å². The Morgan fingerprint density at radius 2 is 1.74 bits per heavy atom. The lowest BCUT2D eigenvalue weighted by molar-refractivity contribution is 0.102. The van der Waals surface area contributed by atoms with E-state index in [2.05, 4.69) is 20.5 Å². The first-order valence-corrected chi connectivity index (χ1v) is 9.85. The van der Waals surface area contributed by atoms with Crippen LogP contribution in [0.2, 0.25) is 0 Å². The van der Waals surface area contributed by atoms with E-state index >= 15 is 0 Å². The van der Waals surface area contributed by atoms with E-state index in [1.165, 1.54) is 0 Å². The summed E-state index contributed by atoms with van der Waals surface area (Å²) in [6.45, 7) is 3.85. The fourth-order valence-electron chi connectivity index (χ4n) is 3.47. The molecule has 0 aliphatic carbocycles. The molecule has 1 amide bonds. The molecule has 0 aliphatic heterocycles. The monoisotopic (exact) mass is 409 g/mol. The van der Waals surface area contributed by atoms with Gasteiger partial charge in [0.05, 0.1) is 11.0 Å². The molecule has 2 aromatic heterocycles. The van der Waals surface area contributed by atoms with Crippen LogP contribution >= 0.6 is 0 Å². The van der Waals surface area contributed by atoms with Crippen molar-refractivity contribution in [2.45, 2.75) is 13.8 Å². The highest BCUT2D eigenvalue weighted by atomic mass is 16.5. The number of nitrogens with one attached hydrogen (secondary N) is 1. The quantitative estimate of drug-likeness (QED) is 0.455. The first kappa shape index (κ1) is 18.7. The molecule has 7 heteroatoms. The summed E-state index contributed by atoms with van der Waals surface area (Å²) < 4.78 is 7.95. The van der Waals surface area contributed by atoms with Crippen molar-refractivity contribution in [1.29, 1.82) is 0 Å². The number of para-hydroxylation sites is 2. The fraction of sp³-hybridized carbons (Fsp3) is 0.0833. The average molecular weight is 409 g/mol. The number of fused-ring (bicyclic) bond motifs is 3. The van der Waals surface area contributed by atoms with Crippen molar-refractivity contribution in [1.82, 2.24) is 19.6 Å². The molecule has 2 heterocycles. The molecule has 0 fully saturated rings. The topological polar surface area (TPSA) is 81.4 Å². The number of rotatable bonds is 4. The fourth-order valence-corrected chi connectivity index (χ4v) is 3.47. The minimum atomic E-state index is -0.158. The number of carbonyl (C=O) groups excluding carboxylic acids is 1. The van der Waals surface area contributed by atoms with Gasteiger partial charge in [-0.15, -0.1) is 10.2 Å². The molecular formula is C24H19N5O2. The van der Waals surface area contributed by atoms with Gasteiger partial charge in [-0.3, -0.25) is 9.20 Å². The Bertz CT molecular complexity index is 1420. The minimum absolute atomic E-state index is 0.158. The van der Waals surface area contributed by atoms with Crippen molar-refractivity contribution in [3.63, 3.8) is 0 Å². The molecule has 5 aromatic rings. The van der Waals surface area contributed by atoms with Gasteiger partial charge in [0, 0.05) is 11.3 Å². The Balaban J connectivity index is 1.41. The third kappa shape index (κ3) is 3.57. The Hall–Kier alpha value is -4.26.